The van der Waals surface area contributed by atoms with Gasteiger partial charge in [0.15, 0.2) is 0 Å². The highest BCUT2D eigenvalue weighted by Gasteiger charge is 2.03. The molecule has 4 heteroatoms. The maximum absolute atomic E-state index is 13.6. The zero-order valence-electron chi connectivity index (χ0n) is 9.50. The van der Waals surface area contributed by atoms with Gasteiger partial charge in [0.1, 0.15) is 5.82 Å². The summed E-state index contributed by atoms with van der Waals surface area (Å²) < 4.78 is 14.3. The van der Waals surface area contributed by atoms with Crippen LogP contribution >= 0.6 is 39.3 Å². The smallest absolute Gasteiger partial charge is 0.128 e. The molecule has 0 nitrogen and oxygen atoms in total. The Balaban J connectivity index is 1.90. The average molecular weight is 346 g/mol. The third-order valence-electron chi connectivity index (χ3n) is 2.45. The summed E-state index contributed by atoms with van der Waals surface area (Å²) in [6.07, 6.45) is 0. The molecular weight excluding hydrogens is 335 g/mol. The number of rotatable bonds is 4. The Bertz CT molecular complexity index is 528. The molecule has 2 aromatic carbocycles. The summed E-state index contributed by atoms with van der Waals surface area (Å²) in [5.74, 6) is 1.36. The lowest BCUT2D eigenvalue weighted by atomic mass is 10.2. The molecule has 0 saturated heterocycles. The molecule has 2 rings (SSSR count). The molecular formula is C14H11BrClFS. The summed E-state index contributed by atoms with van der Waals surface area (Å²) in [6.45, 7) is 0. The topological polar surface area (TPSA) is 0 Å². The van der Waals surface area contributed by atoms with Gasteiger partial charge in [-0.25, -0.2) is 4.39 Å². The van der Waals surface area contributed by atoms with Crippen LogP contribution in [0.4, 0.5) is 4.39 Å². The summed E-state index contributed by atoms with van der Waals surface area (Å²) >= 11 is 10.8. The first kappa shape index (κ1) is 13.9. The Morgan fingerprint density at radius 3 is 2.44 bits per heavy atom. The predicted molar refractivity (Wildman–Crippen MR) is 80.6 cm³/mol. The number of hydrogen-bond donors (Lipinski definition) is 0. The van der Waals surface area contributed by atoms with E-state index in [0.717, 1.165) is 20.8 Å². The summed E-state index contributed by atoms with van der Waals surface area (Å²) in [7, 11) is 0. The Labute approximate surface area is 124 Å². The van der Waals surface area contributed by atoms with Crippen molar-refractivity contribution in [3.05, 3.63) is 68.9 Å². The first-order valence-electron chi connectivity index (χ1n) is 5.41. The minimum absolute atomic E-state index is 0.159. The second-order valence-electron chi connectivity index (χ2n) is 3.85. The fourth-order valence-corrected chi connectivity index (χ4v) is 2.94. The van der Waals surface area contributed by atoms with E-state index < -0.39 is 0 Å². The molecule has 0 N–H and O–H groups in total. The first-order valence-corrected chi connectivity index (χ1v) is 7.74. The highest BCUT2D eigenvalue weighted by Crippen LogP contribution is 2.22. The highest BCUT2D eigenvalue weighted by atomic mass is 79.9. The van der Waals surface area contributed by atoms with Crippen molar-refractivity contribution in [1.29, 1.82) is 0 Å². The van der Waals surface area contributed by atoms with Crippen LogP contribution < -0.4 is 0 Å². The van der Waals surface area contributed by atoms with E-state index in [1.54, 1.807) is 11.8 Å². The van der Waals surface area contributed by atoms with E-state index in [9.17, 15) is 4.39 Å². The zero-order chi connectivity index (χ0) is 13.0. The molecule has 0 radical (unpaired) electrons. The van der Waals surface area contributed by atoms with Crippen LogP contribution in [0.5, 0.6) is 0 Å². The molecule has 0 aromatic heterocycles. The normalized spacial score (nSPS) is 10.6. The van der Waals surface area contributed by atoms with E-state index in [-0.39, 0.29) is 5.82 Å². The lowest BCUT2D eigenvalue weighted by Gasteiger charge is -2.04. The van der Waals surface area contributed by atoms with Crippen molar-refractivity contribution in [2.24, 2.45) is 0 Å². The van der Waals surface area contributed by atoms with E-state index in [1.165, 1.54) is 11.6 Å². The van der Waals surface area contributed by atoms with Crippen LogP contribution in [0.15, 0.2) is 46.9 Å². The van der Waals surface area contributed by atoms with Crippen molar-refractivity contribution in [2.75, 3.05) is 0 Å². The molecule has 0 amide bonds. The molecule has 2 aromatic rings. The minimum Gasteiger partial charge on any atom is -0.207 e. The van der Waals surface area contributed by atoms with E-state index in [4.69, 9.17) is 11.6 Å². The van der Waals surface area contributed by atoms with Gasteiger partial charge in [-0.2, -0.15) is 11.8 Å². The Morgan fingerprint density at radius 2 is 1.78 bits per heavy atom. The molecule has 18 heavy (non-hydrogen) atoms. The summed E-state index contributed by atoms with van der Waals surface area (Å²) in [6, 6.07) is 12.9. The second kappa shape index (κ2) is 6.60. The zero-order valence-corrected chi connectivity index (χ0v) is 12.7. The molecule has 0 heterocycles. The van der Waals surface area contributed by atoms with Crippen molar-refractivity contribution in [3.63, 3.8) is 0 Å². The van der Waals surface area contributed by atoms with E-state index in [2.05, 4.69) is 15.9 Å². The number of benzene rings is 2. The van der Waals surface area contributed by atoms with Crippen molar-refractivity contribution in [2.45, 2.75) is 11.5 Å². The maximum Gasteiger partial charge on any atom is 0.128 e. The van der Waals surface area contributed by atoms with Crippen LogP contribution in [0.25, 0.3) is 0 Å². The van der Waals surface area contributed by atoms with Crippen LogP contribution in [0, 0.1) is 5.82 Å². The Hall–Kier alpha value is -0.510. The van der Waals surface area contributed by atoms with Gasteiger partial charge in [-0.1, -0.05) is 45.7 Å². The fraction of sp³-hybridized carbons (Fsp3) is 0.143. The van der Waals surface area contributed by atoms with Crippen LogP contribution in [0.1, 0.15) is 11.1 Å². The van der Waals surface area contributed by atoms with Crippen LogP contribution in [-0.4, -0.2) is 0 Å². The van der Waals surface area contributed by atoms with Crippen molar-refractivity contribution in [3.8, 4) is 0 Å². The average Bonchev–Trinajstić information content (AvgIpc) is 2.34. The lowest BCUT2D eigenvalue weighted by Crippen LogP contribution is -1.88. The van der Waals surface area contributed by atoms with Gasteiger partial charge in [0, 0.05) is 21.0 Å². The predicted octanol–water partition coefficient (Wildman–Crippen LogP) is 5.68. The van der Waals surface area contributed by atoms with Gasteiger partial charge in [0.05, 0.1) is 0 Å². The maximum atomic E-state index is 13.6. The number of thioether (sulfide) groups is 1. The molecule has 0 bridgehead atoms. The summed E-state index contributed by atoms with van der Waals surface area (Å²) in [4.78, 5) is 0. The lowest BCUT2D eigenvalue weighted by molar-refractivity contribution is 0.616. The van der Waals surface area contributed by atoms with Gasteiger partial charge in [0.2, 0.25) is 0 Å². The Kier molecular flexibility index (Phi) is 5.10. The monoisotopic (exact) mass is 344 g/mol. The van der Waals surface area contributed by atoms with Crippen molar-refractivity contribution >= 4 is 39.3 Å². The number of halogens is 3. The molecule has 0 aliphatic rings. The van der Waals surface area contributed by atoms with Gasteiger partial charge in [0.25, 0.3) is 0 Å². The third-order valence-corrected chi connectivity index (χ3v) is 4.25. The molecule has 0 saturated carbocycles. The molecule has 0 aliphatic carbocycles. The van der Waals surface area contributed by atoms with Gasteiger partial charge in [-0.3, -0.25) is 0 Å². The molecule has 0 fully saturated rings. The van der Waals surface area contributed by atoms with Gasteiger partial charge >= 0.3 is 0 Å². The largest absolute Gasteiger partial charge is 0.207 e. The van der Waals surface area contributed by atoms with Gasteiger partial charge < -0.3 is 0 Å². The van der Waals surface area contributed by atoms with E-state index >= 15 is 0 Å². The first-order chi connectivity index (χ1) is 8.65. The summed E-state index contributed by atoms with van der Waals surface area (Å²) in [5, 5.41) is 0.739. The fourth-order valence-electron chi connectivity index (χ4n) is 1.50. The van der Waals surface area contributed by atoms with E-state index in [1.807, 2.05) is 36.4 Å². The van der Waals surface area contributed by atoms with Crippen molar-refractivity contribution in [1.82, 2.24) is 0 Å². The quantitative estimate of drug-likeness (QED) is 0.687. The minimum atomic E-state index is -0.159. The van der Waals surface area contributed by atoms with Crippen molar-refractivity contribution < 1.29 is 4.39 Å². The van der Waals surface area contributed by atoms with Crippen LogP contribution in [0.3, 0.4) is 0 Å². The second-order valence-corrected chi connectivity index (χ2v) is 6.19. The van der Waals surface area contributed by atoms with Gasteiger partial charge in [-0.15, -0.1) is 0 Å². The molecule has 0 aliphatic heterocycles. The van der Waals surface area contributed by atoms with Crippen LogP contribution in [0.2, 0.25) is 5.02 Å². The number of hydrogen-bond acceptors (Lipinski definition) is 1. The third kappa shape index (κ3) is 4.01. The molecule has 0 atom stereocenters. The summed E-state index contributed by atoms with van der Waals surface area (Å²) in [5.41, 5.74) is 1.93. The standard InChI is InChI=1S/C14H11BrClFS/c15-12-4-3-11(14(17)7-12)9-18-8-10-1-5-13(16)6-2-10/h1-7H,8-9H2. The molecule has 0 spiro atoms. The molecule has 94 valence electrons. The van der Waals surface area contributed by atoms with Crippen LogP contribution in [-0.2, 0) is 11.5 Å². The Morgan fingerprint density at radius 1 is 1.06 bits per heavy atom. The SMILES string of the molecule is Fc1cc(Br)ccc1CSCc1ccc(Cl)cc1. The van der Waals surface area contributed by atoms with E-state index in [0.29, 0.717) is 5.75 Å². The molecule has 0 unspecified atom stereocenters. The highest BCUT2D eigenvalue weighted by molar-refractivity contribution is 9.10. The van der Waals surface area contributed by atoms with Gasteiger partial charge in [-0.05, 0) is 35.4 Å².